The first-order valence-corrected chi connectivity index (χ1v) is 9.72. The van der Waals surface area contributed by atoms with Crippen molar-refractivity contribution in [2.45, 2.75) is 18.3 Å². The summed E-state index contributed by atoms with van der Waals surface area (Å²) in [5.74, 6) is 0.921. The van der Waals surface area contributed by atoms with Gasteiger partial charge in [0.05, 0.1) is 5.41 Å². The lowest BCUT2D eigenvalue weighted by atomic mass is 9.73. The van der Waals surface area contributed by atoms with E-state index in [0.717, 1.165) is 24.6 Å². The van der Waals surface area contributed by atoms with Crippen LogP contribution in [0.2, 0.25) is 5.02 Å². The maximum absolute atomic E-state index is 13.6. The summed E-state index contributed by atoms with van der Waals surface area (Å²) in [4.78, 5) is 26.3. The molecule has 142 valence electrons. The highest BCUT2D eigenvalue weighted by Crippen LogP contribution is 2.37. The summed E-state index contributed by atoms with van der Waals surface area (Å²) in [7, 11) is 0. The molecule has 0 bridgehead atoms. The Kier molecular flexibility index (Phi) is 5.27. The third kappa shape index (κ3) is 3.64. The van der Waals surface area contributed by atoms with Crippen molar-refractivity contribution in [2.75, 3.05) is 44.3 Å². The SMILES string of the molecule is O=C(N1CCN(c2ncccn2)CC1)C1(c2ccc(Cl)cc2)CCOCC1. The van der Waals surface area contributed by atoms with Crippen molar-refractivity contribution in [3.8, 4) is 0 Å². The van der Waals surface area contributed by atoms with E-state index in [1.165, 1.54) is 0 Å². The van der Waals surface area contributed by atoms with Crippen LogP contribution in [0, 0.1) is 0 Å². The number of ether oxygens (including phenoxy) is 1. The van der Waals surface area contributed by atoms with Crippen LogP contribution < -0.4 is 4.90 Å². The number of aromatic nitrogens is 2. The normalized spacial score (nSPS) is 19.7. The molecule has 2 saturated heterocycles. The van der Waals surface area contributed by atoms with Gasteiger partial charge < -0.3 is 14.5 Å². The molecule has 6 nitrogen and oxygen atoms in total. The predicted octanol–water partition coefficient (Wildman–Crippen LogP) is 2.53. The maximum Gasteiger partial charge on any atom is 0.233 e. The minimum absolute atomic E-state index is 0.196. The Bertz CT molecular complexity index is 770. The van der Waals surface area contributed by atoms with Gasteiger partial charge in [-0.2, -0.15) is 0 Å². The van der Waals surface area contributed by atoms with Crippen LogP contribution in [-0.4, -0.2) is 60.2 Å². The third-order valence-electron chi connectivity index (χ3n) is 5.55. The van der Waals surface area contributed by atoms with Crippen LogP contribution in [0.25, 0.3) is 0 Å². The van der Waals surface area contributed by atoms with Crippen LogP contribution in [0.4, 0.5) is 5.95 Å². The number of benzene rings is 1. The van der Waals surface area contributed by atoms with E-state index in [9.17, 15) is 4.79 Å². The lowest BCUT2D eigenvalue weighted by molar-refractivity contribution is -0.141. The molecule has 1 amide bonds. The minimum Gasteiger partial charge on any atom is -0.381 e. The van der Waals surface area contributed by atoms with Gasteiger partial charge in [-0.1, -0.05) is 23.7 Å². The molecule has 0 spiro atoms. The molecule has 3 heterocycles. The number of nitrogens with zero attached hydrogens (tertiary/aromatic N) is 4. The van der Waals surface area contributed by atoms with Crippen LogP contribution in [-0.2, 0) is 14.9 Å². The van der Waals surface area contributed by atoms with E-state index in [4.69, 9.17) is 16.3 Å². The molecule has 0 unspecified atom stereocenters. The van der Waals surface area contributed by atoms with Gasteiger partial charge in [0.15, 0.2) is 0 Å². The van der Waals surface area contributed by atoms with Crippen LogP contribution in [0.3, 0.4) is 0 Å². The average Bonchev–Trinajstić information content (AvgIpc) is 2.75. The van der Waals surface area contributed by atoms with Crippen LogP contribution in [0.5, 0.6) is 0 Å². The van der Waals surface area contributed by atoms with Crippen molar-refractivity contribution in [2.24, 2.45) is 0 Å². The summed E-state index contributed by atoms with van der Waals surface area (Å²) in [6, 6.07) is 9.52. The number of carbonyl (C=O) groups excluding carboxylic acids is 1. The lowest BCUT2D eigenvalue weighted by Crippen LogP contribution is -2.56. The third-order valence-corrected chi connectivity index (χ3v) is 5.81. The predicted molar refractivity (Wildman–Crippen MR) is 104 cm³/mol. The Labute approximate surface area is 164 Å². The van der Waals surface area contributed by atoms with Gasteiger partial charge in [-0.25, -0.2) is 9.97 Å². The number of piperazine rings is 1. The van der Waals surface area contributed by atoms with Crippen LogP contribution in [0.15, 0.2) is 42.7 Å². The zero-order chi connectivity index (χ0) is 18.7. The molecule has 2 fully saturated rings. The molecule has 1 aromatic carbocycles. The molecule has 0 N–H and O–H groups in total. The zero-order valence-corrected chi connectivity index (χ0v) is 15.9. The Balaban J connectivity index is 1.52. The smallest absolute Gasteiger partial charge is 0.233 e. The highest BCUT2D eigenvalue weighted by Gasteiger charge is 2.44. The molecule has 0 saturated carbocycles. The largest absolute Gasteiger partial charge is 0.381 e. The fourth-order valence-electron chi connectivity index (χ4n) is 3.98. The van der Waals surface area contributed by atoms with E-state index in [0.29, 0.717) is 44.2 Å². The maximum atomic E-state index is 13.6. The van der Waals surface area contributed by atoms with Crippen molar-refractivity contribution >= 4 is 23.5 Å². The summed E-state index contributed by atoms with van der Waals surface area (Å²) in [6.07, 6.45) is 4.90. The first-order chi connectivity index (χ1) is 13.2. The van der Waals surface area contributed by atoms with Crippen molar-refractivity contribution in [3.05, 3.63) is 53.3 Å². The monoisotopic (exact) mass is 386 g/mol. The summed E-state index contributed by atoms with van der Waals surface area (Å²) in [5.41, 5.74) is 0.517. The highest BCUT2D eigenvalue weighted by molar-refractivity contribution is 6.30. The van der Waals surface area contributed by atoms with Crippen molar-refractivity contribution in [1.29, 1.82) is 0 Å². The quantitative estimate of drug-likeness (QED) is 0.811. The number of hydrogen-bond donors (Lipinski definition) is 0. The van der Waals surface area contributed by atoms with Gasteiger partial charge in [0.25, 0.3) is 0 Å². The van der Waals surface area contributed by atoms with E-state index in [-0.39, 0.29) is 5.91 Å². The van der Waals surface area contributed by atoms with Gasteiger partial charge in [-0.05, 0) is 36.6 Å². The summed E-state index contributed by atoms with van der Waals surface area (Å²) < 4.78 is 5.56. The first-order valence-electron chi connectivity index (χ1n) is 9.34. The second kappa shape index (κ2) is 7.82. The lowest BCUT2D eigenvalue weighted by Gasteiger charge is -2.43. The number of anilines is 1. The molecule has 1 aromatic heterocycles. The van der Waals surface area contributed by atoms with E-state index in [1.54, 1.807) is 12.4 Å². The molecular formula is C20H23ClN4O2. The first kappa shape index (κ1) is 18.2. The Morgan fingerprint density at radius 1 is 1.00 bits per heavy atom. The molecule has 7 heteroatoms. The number of halogens is 1. The Morgan fingerprint density at radius 3 is 2.26 bits per heavy atom. The van der Waals surface area contributed by atoms with Gasteiger partial charge in [0, 0.05) is 56.8 Å². The number of hydrogen-bond acceptors (Lipinski definition) is 5. The van der Waals surface area contributed by atoms with Crippen molar-refractivity contribution in [1.82, 2.24) is 14.9 Å². The summed E-state index contributed by atoms with van der Waals surface area (Å²) in [6.45, 7) is 4.03. The molecule has 2 aliphatic rings. The van der Waals surface area contributed by atoms with Crippen LogP contribution in [0.1, 0.15) is 18.4 Å². The number of carbonyl (C=O) groups is 1. The Hall–Kier alpha value is -2.18. The molecule has 2 aliphatic heterocycles. The van der Waals surface area contributed by atoms with Crippen molar-refractivity contribution < 1.29 is 9.53 Å². The number of rotatable bonds is 3. The standard InChI is InChI=1S/C20H23ClN4O2/c21-17-4-2-16(3-5-17)20(6-14-27-15-7-20)18(26)24-10-12-25(13-11-24)19-22-8-1-9-23-19/h1-5,8-9H,6-7,10-15H2. The Morgan fingerprint density at radius 2 is 1.63 bits per heavy atom. The van der Waals surface area contributed by atoms with E-state index >= 15 is 0 Å². The topological polar surface area (TPSA) is 58.6 Å². The van der Waals surface area contributed by atoms with Crippen LogP contribution >= 0.6 is 11.6 Å². The second-order valence-electron chi connectivity index (χ2n) is 7.03. The fraction of sp³-hybridized carbons (Fsp3) is 0.450. The van der Waals surface area contributed by atoms with E-state index in [2.05, 4.69) is 14.9 Å². The molecule has 0 radical (unpaired) electrons. The van der Waals surface area contributed by atoms with Crippen molar-refractivity contribution in [3.63, 3.8) is 0 Å². The molecular weight excluding hydrogens is 364 g/mol. The van der Waals surface area contributed by atoms with Gasteiger partial charge in [0.1, 0.15) is 0 Å². The molecule has 0 aliphatic carbocycles. The van der Waals surface area contributed by atoms with Gasteiger partial charge >= 0.3 is 0 Å². The molecule has 27 heavy (non-hydrogen) atoms. The minimum atomic E-state index is -0.520. The molecule has 2 aromatic rings. The number of amides is 1. The zero-order valence-electron chi connectivity index (χ0n) is 15.2. The van der Waals surface area contributed by atoms with Gasteiger partial charge in [0.2, 0.25) is 11.9 Å². The average molecular weight is 387 g/mol. The summed E-state index contributed by atoms with van der Waals surface area (Å²) in [5, 5.41) is 0.685. The molecule has 4 rings (SSSR count). The fourth-order valence-corrected chi connectivity index (χ4v) is 4.11. The van der Waals surface area contributed by atoms with E-state index in [1.807, 2.05) is 35.2 Å². The molecule has 0 atom stereocenters. The van der Waals surface area contributed by atoms with Gasteiger partial charge in [-0.15, -0.1) is 0 Å². The summed E-state index contributed by atoms with van der Waals surface area (Å²) >= 11 is 6.06. The van der Waals surface area contributed by atoms with E-state index < -0.39 is 5.41 Å². The second-order valence-corrected chi connectivity index (χ2v) is 7.47. The highest BCUT2D eigenvalue weighted by atomic mass is 35.5. The van der Waals surface area contributed by atoms with Gasteiger partial charge in [-0.3, -0.25) is 4.79 Å².